The highest BCUT2D eigenvalue weighted by Gasteiger charge is 2.18. The van der Waals surface area contributed by atoms with Crippen LogP contribution in [0.4, 0.5) is 0 Å². The largest absolute Gasteiger partial charge is 0.342 e. The summed E-state index contributed by atoms with van der Waals surface area (Å²) < 4.78 is 0. The van der Waals surface area contributed by atoms with E-state index in [1.54, 1.807) is 9.80 Å². The van der Waals surface area contributed by atoms with E-state index in [1.165, 1.54) is 35.1 Å². The lowest BCUT2D eigenvalue weighted by Gasteiger charge is -2.20. The zero-order valence-corrected chi connectivity index (χ0v) is 18.2. The Bertz CT molecular complexity index is 873. The first-order chi connectivity index (χ1) is 14.5. The molecule has 0 N–H and O–H groups in total. The van der Waals surface area contributed by atoms with Gasteiger partial charge in [0.2, 0.25) is 0 Å². The van der Waals surface area contributed by atoms with Crippen molar-refractivity contribution in [3.8, 4) is 0 Å². The minimum atomic E-state index is 0.0901. The fourth-order valence-electron chi connectivity index (χ4n) is 4.75. The van der Waals surface area contributed by atoms with Crippen LogP contribution in [0, 0.1) is 0 Å². The number of hydrogen-bond acceptors (Lipinski definition) is 2. The molecule has 0 radical (unpaired) electrons. The molecule has 2 amide bonds. The van der Waals surface area contributed by atoms with Gasteiger partial charge in [0.05, 0.1) is 0 Å². The van der Waals surface area contributed by atoms with Gasteiger partial charge < -0.3 is 9.80 Å². The summed E-state index contributed by atoms with van der Waals surface area (Å²) in [5, 5.41) is 0. The highest BCUT2D eigenvalue weighted by molar-refractivity contribution is 5.95. The Morgan fingerprint density at radius 3 is 1.50 bits per heavy atom. The van der Waals surface area contributed by atoms with E-state index >= 15 is 0 Å². The number of amides is 2. The van der Waals surface area contributed by atoms with E-state index in [1.807, 2.05) is 26.2 Å². The smallest absolute Gasteiger partial charge is 0.253 e. The summed E-state index contributed by atoms with van der Waals surface area (Å²) in [4.78, 5) is 29.0. The third kappa shape index (κ3) is 4.43. The predicted molar refractivity (Wildman–Crippen MR) is 120 cm³/mol. The minimum Gasteiger partial charge on any atom is -0.342 e. The van der Waals surface area contributed by atoms with E-state index in [9.17, 15) is 9.59 Å². The molecular weight excluding hydrogens is 372 g/mol. The first kappa shape index (κ1) is 20.6. The molecule has 4 heteroatoms. The molecule has 0 atom stereocenters. The van der Waals surface area contributed by atoms with Gasteiger partial charge in [0.1, 0.15) is 0 Å². The Morgan fingerprint density at radius 1 is 0.667 bits per heavy atom. The summed E-state index contributed by atoms with van der Waals surface area (Å²) >= 11 is 0. The third-order valence-corrected chi connectivity index (χ3v) is 6.62. The number of unbranched alkanes of at least 4 members (excludes halogenated alkanes) is 1. The molecule has 0 heterocycles. The predicted octanol–water partition coefficient (Wildman–Crippen LogP) is 4.29. The van der Waals surface area contributed by atoms with Crippen LogP contribution in [0.1, 0.15) is 68.7 Å². The van der Waals surface area contributed by atoms with Gasteiger partial charge in [-0.15, -0.1) is 0 Å². The van der Waals surface area contributed by atoms with Crippen LogP contribution in [0.5, 0.6) is 0 Å². The van der Waals surface area contributed by atoms with Crippen LogP contribution in [0.15, 0.2) is 36.4 Å². The van der Waals surface area contributed by atoms with Crippen molar-refractivity contribution in [2.75, 3.05) is 27.2 Å². The molecule has 2 aromatic carbocycles. The molecule has 0 fully saturated rings. The van der Waals surface area contributed by atoms with Crippen LogP contribution in [0.2, 0.25) is 0 Å². The number of aryl methyl sites for hydroxylation is 4. The van der Waals surface area contributed by atoms with E-state index in [0.29, 0.717) is 13.1 Å². The number of hydrogen-bond donors (Lipinski definition) is 0. The second kappa shape index (κ2) is 9.03. The Balaban J connectivity index is 1.23. The molecule has 2 aromatic rings. The van der Waals surface area contributed by atoms with E-state index in [2.05, 4.69) is 24.3 Å². The number of nitrogens with zero attached hydrogens (tertiary/aromatic N) is 2. The number of fused-ring (bicyclic) bond motifs is 2. The topological polar surface area (TPSA) is 40.6 Å². The molecule has 0 aromatic heterocycles. The van der Waals surface area contributed by atoms with Gasteiger partial charge in [0.25, 0.3) is 11.8 Å². The molecule has 4 nitrogen and oxygen atoms in total. The Morgan fingerprint density at radius 2 is 1.07 bits per heavy atom. The van der Waals surface area contributed by atoms with Crippen molar-refractivity contribution in [3.05, 3.63) is 69.8 Å². The summed E-state index contributed by atoms with van der Waals surface area (Å²) in [5.74, 6) is 0.180. The Kier molecular flexibility index (Phi) is 6.21. The maximum absolute atomic E-state index is 12.7. The lowest BCUT2D eigenvalue weighted by molar-refractivity contribution is 0.0766. The van der Waals surface area contributed by atoms with Gasteiger partial charge in [0, 0.05) is 38.3 Å². The van der Waals surface area contributed by atoms with E-state index in [-0.39, 0.29) is 11.8 Å². The molecular formula is C26H32N2O2. The van der Waals surface area contributed by atoms with E-state index in [4.69, 9.17) is 0 Å². The minimum absolute atomic E-state index is 0.0901. The number of carbonyl (C=O) groups is 2. The Labute approximate surface area is 179 Å². The lowest BCUT2D eigenvalue weighted by Crippen LogP contribution is -2.30. The van der Waals surface area contributed by atoms with Crippen molar-refractivity contribution >= 4 is 11.8 Å². The average Bonchev–Trinajstić information content (AvgIpc) is 3.43. The van der Waals surface area contributed by atoms with Gasteiger partial charge in [-0.05, 0) is 97.9 Å². The van der Waals surface area contributed by atoms with Crippen LogP contribution in [0.25, 0.3) is 0 Å². The second-order valence-corrected chi connectivity index (χ2v) is 8.83. The summed E-state index contributed by atoms with van der Waals surface area (Å²) in [6.07, 6.45) is 8.61. The number of rotatable bonds is 7. The van der Waals surface area contributed by atoms with Crippen molar-refractivity contribution in [3.63, 3.8) is 0 Å². The molecule has 4 rings (SSSR count). The first-order valence-corrected chi connectivity index (χ1v) is 11.3. The molecule has 0 saturated heterocycles. The zero-order chi connectivity index (χ0) is 21.1. The maximum atomic E-state index is 12.7. The van der Waals surface area contributed by atoms with Crippen LogP contribution < -0.4 is 0 Å². The van der Waals surface area contributed by atoms with Gasteiger partial charge in [-0.25, -0.2) is 0 Å². The molecule has 0 spiro atoms. The molecule has 30 heavy (non-hydrogen) atoms. The van der Waals surface area contributed by atoms with Gasteiger partial charge in [-0.3, -0.25) is 9.59 Å². The molecule has 0 aliphatic heterocycles. The quantitative estimate of drug-likeness (QED) is 0.646. The van der Waals surface area contributed by atoms with Gasteiger partial charge >= 0.3 is 0 Å². The van der Waals surface area contributed by atoms with Crippen LogP contribution >= 0.6 is 0 Å². The molecule has 0 saturated carbocycles. The van der Waals surface area contributed by atoms with Gasteiger partial charge in [0.15, 0.2) is 0 Å². The summed E-state index contributed by atoms with van der Waals surface area (Å²) in [7, 11) is 3.74. The highest BCUT2D eigenvalue weighted by atomic mass is 16.2. The van der Waals surface area contributed by atoms with Crippen molar-refractivity contribution in [2.45, 2.75) is 51.4 Å². The van der Waals surface area contributed by atoms with Crippen LogP contribution in [0.3, 0.4) is 0 Å². The van der Waals surface area contributed by atoms with Gasteiger partial charge in [-0.2, -0.15) is 0 Å². The van der Waals surface area contributed by atoms with Crippen molar-refractivity contribution in [1.29, 1.82) is 0 Å². The molecule has 2 aliphatic rings. The Hall–Kier alpha value is -2.62. The van der Waals surface area contributed by atoms with E-state index in [0.717, 1.165) is 49.7 Å². The molecule has 158 valence electrons. The lowest BCUT2D eigenvalue weighted by atomic mass is 10.1. The fraction of sp³-hybridized carbons (Fsp3) is 0.462. The maximum Gasteiger partial charge on any atom is 0.253 e. The SMILES string of the molecule is CN(CCCCN(C)C(=O)c1ccc2c(c1)CCC2)C(=O)c1ccc2c(c1)CCC2. The summed E-state index contributed by atoms with van der Waals surface area (Å²) in [5.41, 5.74) is 7.04. The highest BCUT2D eigenvalue weighted by Crippen LogP contribution is 2.24. The van der Waals surface area contributed by atoms with Gasteiger partial charge in [-0.1, -0.05) is 12.1 Å². The van der Waals surface area contributed by atoms with Crippen molar-refractivity contribution in [1.82, 2.24) is 9.80 Å². The summed E-state index contributed by atoms with van der Waals surface area (Å²) in [6, 6.07) is 12.3. The number of benzene rings is 2. The monoisotopic (exact) mass is 404 g/mol. The molecule has 0 bridgehead atoms. The van der Waals surface area contributed by atoms with E-state index < -0.39 is 0 Å². The first-order valence-electron chi connectivity index (χ1n) is 11.3. The third-order valence-electron chi connectivity index (χ3n) is 6.62. The van der Waals surface area contributed by atoms with Crippen molar-refractivity contribution < 1.29 is 9.59 Å². The molecule has 2 aliphatic carbocycles. The fourth-order valence-corrected chi connectivity index (χ4v) is 4.75. The standard InChI is InChI=1S/C26H32N2O2/c1-27(25(29)23-13-11-19-7-5-9-21(19)17-23)15-3-4-16-28(2)26(30)24-14-12-20-8-6-10-22(20)18-24/h11-14,17-18H,3-10,15-16H2,1-2H3. The van der Waals surface area contributed by atoms with Crippen LogP contribution in [-0.4, -0.2) is 48.8 Å². The normalized spacial score (nSPS) is 14.3. The molecule has 0 unspecified atom stereocenters. The summed E-state index contributed by atoms with van der Waals surface area (Å²) in [6.45, 7) is 1.41. The van der Waals surface area contributed by atoms with Crippen LogP contribution in [-0.2, 0) is 25.7 Å². The second-order valence-electron chi connectivity index (χ2n) is 8.83. The number of carbonyl (C=O) groups excluding carboxylic acids is 2. The average molecular weight is 405 g/mol. The zero-order valence-electron chi connectivity index (χ0n) is 18.2. The van der Waals surface area contributed by atoms with Crippen molar-refractivity contribution in [2.24, 2.45) is 0 Å².